The number of anilines is 1. The van der Waals surface area contributed by atoms with Gasteiger partial charge in [-0.1, -0.05) is 6.07 Å². The highest BCUT2D eigenvalue weighted by Crippen LogP contribution is 2.32. The molecule has 0 spiro atoms. The quantitative estimate of drug-likeness (QED) is 0.629. The van der Waals surface area contributed by atoms with Crippen molar-refractivity contribution in [1.82, 2.24) is 9.88 Å². The Morgan fingerprint density at radius 1 is 1.19 bits per heavy atom. The highest BCUT2D eigenvalue weighted by atomic mass is 19.2. The normalized spacial score (nSPS) is 17.2. The summed E-state index contributed by atoms with van der Waals surface area (Å²) in [4.78, 5) is 26.2. The number of carboxylic acid groups (broad SMARTS) is 1. The summed E-state index contributed by atoms with van der Waals surface area (Å²) in [6, 6.07) is 6.06. The topological polar surface area (TPSA) is 74.6 Å². The van der Waals surface area contributed by atoms with Crippen LogP contribution >= 0.6 is 0 Å². The van der Waals surface area contributed by atoms with Crippen LogP contribution in [0.5, 0.6) is 0 Å². The Morgan fingerprint density at radius 3 is 2.62 bits per heavy atom. The van der Waals surface area contributed by atoms with E-state index in [1.165, 1.54) is 18.2 Å². The molecule has 0 aliphatic carbocycles. The molecule has 1 aromatic heterocycles. The van der Waals surface area contributed by atoms with Gasteiger partial charge in [0.2, 0.25) is 5.43 Å². The number of fused-ring (bicyclic) bond motifs is 1. The summed E-state index contributed by atoms with van der Waals surface area (Å²) in [6.07, 6.45) is 1.78. The molecule has 168 valence electrons. The van der Waals surface area contributed by atoms with Gasteiger partial charge in [0.15, 0.2) is 11.6 Å². The van der Waals surface area contributed by atoms with E-state index in [2.05, 4.69) is 5.32 Å². The highest BCUT2D eigenvalue weighted by molar-refractivity contribution is 5.94. The molecule has 9 heteroatoms. The third kappa shape index (κ3) is 3.62. The number of hydrogen-bond acceptors (Lipinski definition) is 4. The van der Waals surface area contributed by atoms with Crippen LogP contribution < -0.4 is 15.6 Å². The fourth-order valence-electron chi connectivity index (χ4n) is 4.26. The van der Waals surface area contributed by atoms with E-state index in [0.29, 0.717) is 13.1 Å². The Kier molecular flexibility index (Phi) is 5.68. The Hall–Kier alpha value is -3.33. The van der Waals surface area contributed by atoms with Gasteiger partial charge >= 0.3 is 5.97 Å². The van der Waals surface area contributed by atoms with Crippen molar-refractivity contribution in [2.75, 3.05) is 25.0 Å². The number of aromatic nitrogens is 1. The number of benzene rings is 2. The second-order valence-electron chi connectivity index (χ2n) is 8.01. The molecule has 1 fully saturated rings. The molecule has 6 nitrogen and oxygen atoms in total. The van der Waals surface area contributed by atoms with Crippen LogP contribution in [0, 0.1) is 23.4 Å². The number of carbonyl (C=O) groups is 1. The summed E-state index contributed by atoms with van der Waals surface area (Å²) in [5, 5.41) is 12.4. The lowest BCUT2D eigenvalue weighted by Gasteiger charge is -2.23. The van der Waals surface area contributed by atoms with Gasteiger partial charge in [-0.2, -0.15) is 0 Å². The first kappa shape index (κ1) is 21.9. The molecule has 0 radical (unpaired) electrons. The van der Waals surface area contributed by atoms with Crippen LogP contribution in [-0.2, 0) is 0 Å². The van der Waals surface area contributed by atoms with Gasteiger partial charge < -0.3 is 19.9 Å². The Balaban J connectivity index is 1.95. The lowest BCUT2D eigenvalue weighted by Crippen LogP contribution is -2.32. The van der Waals surface area contributed by atoms with Gasteiger partial charge in [-0.25, -0.2) is 18.0 Å². The van der Waals surface area contributed by atoms with Crippen molar-refractivity contribution in [2.45, 2.75) is 19.4 Å². The SMILES string of the molecule is CN[C@@H](C)[C@@H]1CCN(c2cc3c(cc2F)c(=O)c(C(=O)O)cn3-c2cccc(F)c2F)C1. The van der Waals surface area contributed by atoms with E-state index in [1.54, 1.807) is 0 Å². The van der Waals surface area contributed by atoms with E-state index in [1.807, 2.05) is 18.9 Å². The molecule has 4 rings (SSSR count). The van der Waals surface area contributed by atoms with Gasteiger partial charge in [-0.05, 0) is 50.6 Å². The average Bonchev–Trinajstić information content (AvgIpc) is 3.25. The monoisotopic (exact) mass is 445 g/mol. The summed E-state index contributed by atoms with van der Waals surface area (Å²) in [6.45, 7) is 3.21. The van der Waals surface area contributed by atoms with Crippen LogP contribution in [0.4, 0.5) is 18.9 Å². The molecule has 2 N–H and O–H groups in total. The molecule has 0 saturated carbocycles. The first-order chi connectivity index (χ1) is 15.2. The zero-order valence-electron chi connectivity index (χ0n) is 17.5. The number of nitrogens with zero attached hydrogens (tertiary/aromatic N) is 2. The first-order valence-corrected chi connectivity index (χ1v) is 10.2. The average molecular weight is 445 g/mol. The number of hydrogen-bond donors (Lipinski definition) is 2. The fraction of sp³-hybridized carbons (Fsp3) is 0.304. The fourth-order valence-corrected chi connectivity index (χ4v) is 4.26. The molecule has 1 aliphatic rings. The third-order valence-corrected chi connectivity index (χ3v) is 6.22. The summed E-state index contributed by atoms with van der Waals surface area (Å²) in [5.41, 5.74) is -1.54. The second kappa shape index (κ2) is 8.31. The zero-order valence-corrected chi connectivity index (χ0v) is 17.5. The lowest BCUT2D eigenvalue weighted by atomic mass is 10.0. The maximum atomic E-state index is 15.1. The van der Waals surface area contributed by atoms with Gasteiger partial charge in [0, 0.05) is 30.7 Å². The van der Waals surface area contributed by atoms with Crippen LogP contribution in [0.25, 0.3) is 16.6 Å². The molecule has 0 amide bonds. The van der Waals surface area contributed by atoms with E-state index < -0.39 is 34.4 Å². The van der Waals surface area contributed by atoms with Crippen molar-refractivity contribution in [1.29, 1.82) is 0 Å². The van der Waals surface area contributed by atoms with Crippen molar-refractivity contribution < 1.29 is 23.1 Å². The van der Waals surface area contributed by atoms with Crippen LogP contribution in [0.3, 0.4) is 0 Å². The highest BCUT2D eigenvalue weighted by Gasteiger charge is 2.29. The summed E-state index contributed by atoms with van der Waals surface area (Å²) in [5.74, 6) is -4.27. The number of pyridine rings is 1. The first-order valence-electron chi connectivity index (χ1n) is 10.2. The molecule has 3 aromatic rings. The molecular weight excluding hydrogens is 423 g/mol. The standard InChI is InChI=1S/C23H22F3N3O3/c1-12(27-2)13-6-7-28(10-13)20-9-19-14(8-17(20)25)22(30)15(23(31)32)11-29(19)18-5-3-4-16(24)21(18)26/h3-5,8-9,11-13,27H,6-7,10H2,1-2H3,(H,31,32)/t12-,13+/m0/s1. The van der Waals surface area contributed by atoms with E-state index in [-0.39, 0.29) is 34.2 Å². The van der Waals surface area contributed by atoms with E-state index >= 15 is 4.39 Å². The number of rotatable bonds is 5. The molecule has 1 aliphatic heterocycles. The number of nitrogens with one attached hydrogen (secondary N) is 1. The molecule has 1 saturated heterocycles. The van der Waals surface area contributed by atoms with Gasteiger partial charge in [0.25, 0.3) is 0 Å². The number of aromatic carboxylic acids is 1. The number of halogens is 3. The van der Waals surface area contributed by atoms with Crippen LogP contribution in [0.15, 0.2) is 41.3 Å². The molecule has 0 bridgehead atoms. The molecule has 2 heterocycles. The minimum atomic E-state index is -1.55. The maximum Gasteiger partial charge on any atom is 0.341 e. The Bertz CT molecular complexity index is 1270. The molecule has 0 unspecified atom stereocenters. The molecular formula is C23H22F3N3O3. The van der Waals surface area contributed by atoms with Crippen molar-refractivity contribution in [3.63, 3.8) is 0 Å². The van der Waals surface area contributed by atoms with Crippen LogP contribution in [0.2, 0.25) is 0 Å². The maximum absolute atomic E-state index is 15.1. The predicted molar refractivity (Wildman–Crippen MR) is 115 cm³/mol. The predicted octanol–water partition coefficient (Wildman–Crippen LogP) is 3.54. The lowest BCUT2D eigenvalue weighted by molar-refractivity contribution is 0.0695. The summed E-state index contributed by atoms with van der Waals surface area (Å²) < 4.78 is 44.7. The van der Waals surface area contributed by atoms with E-state index in [4.69, 9.17) is 0 Å². The summed E-state index contributed by atoms with van der Waals surface area (Å²) >= 11 is 0. The Labute approximate surface area is 181 Å². The van der Waals surface area contributed by atoms with Crippen molar-refractivity contribution in [3.8, 4) is 5.69 Å². The van der Waals surface area contributed by atoms with Crippen LogP contribution in [-0.4, -0.2) is 41.8 Å². The van der Waals surface area contributed by atoms with Gasteiger partial charge in [-0.15, -0.1) is 0 Å². The number of carboxylic acids is 1. The van der Waals surface area contributed by atoms with Gasteiger partial charge in [0.1, 0.15) is 11.4 Å². The largest absolute Gasteiger partial charge is 0.477 e. The second-order valence-corrected chi connectivity index (χ2v) is 8.01. The third-order valence-electron chi connectivity index (χ3n) is 6.22. The van der Waals surface area contributed by atoms with Crippen molar-refractivity contribution >= 4 is 22.6 Å². The van der Waals surface area contributed by atoms with Crippen molar-refractivity contribution in [3.05, 3.63) is 69.8 Å². The van der Waals surface area contributed by atoms with Gasteiger partial charge in [-0.3, -0.25) is 4.79 Å². The van der Waals surface area contributed by atoms with Gasteiger partial charge in [0.05, 0.1) is 16.9 Å². The molecule has 32 heavy (non-hydrogen) atoms. The Morgan fingerprint density at radius 2 is 1.94 bits per heavy atom. The molecule has 2 aromatic carbocycles. The van der Waals surface area contributed by atoms with Crippen molar-refractivity contribution in [2.24, 2.45) is 5.92 Å². The van der Waals surface area contributed by atoms with Crippen LogP contribution in [0.1, 0.15) is 23.7 Å². The zero-order chi connectivity index (χ0) is 23.2. The molecule has 2 atom stereocenters. The summed E-state index contributed by atoms with van der Waals surface area (Å²) in [7, 11) is 1.86. The minimum absolute atomic E-state index is 0.0889. The van der Waals surface area contributed by atoms with E-state index in [9.17, 15) is 23.5 Å². The van der Waals surface area contributed by atoms with E-state index in [0.717, 1.165) is 29.3 Å². The smallest absolute Gasteiger partial charge is 0.341 e. The minimum Gasteiger partial charge on any atom is -0.477 e.